The lowest BCUT2D eigenvalue weighted by Gasteiger charge is -2.31. The highest BCUT2D eigenvalue weighted by Crippen LogP contribution is 2.38. The van der Waals surface area contributed by atoms with Crippen LogP contribution in [0.4, 0.5) is 5.69 Å². The molecule has 1 aliphatic rings. The van der Waals surface area contributed by atoms with Gasteiger partial charge in [-0.15, -0.1) is 22.9 Å². The van der Waals surface area contributed by atoms with Gasteiger partial charge in [-0.1, -0.05) is 19.1 Å². The maximum atomic E-state index is 5.89. The highest BCUT2D eigenvalue weighted by molar-refractivity contribution is 7.09. The van der Waals surface area contributed by atoms with Crippen molar-refractivity contribution in [3.05, 3.63) is 40.3 Å². The zero-order chi connectivity index (χ0) is 14.7. The second-order valence-corrected chi connectivity index (χ2v) is 6.25. The highest BCUT2D eigenvalue weighted by Gasteiger charge is 2.25. The van der Waals surface area contributed by atoms with E-state index in [-0.39, 0.29) is 6.04 Å². The van der Waals surface area contributed by atoms with Crippen LogP contribution in [0.5, 0.6) is 5.75 Å². The lowest BCUT2D eigenvalue weighted by Crippen LogP contribution is -2.29. The number of thiazole rings is 1. The SMILES string of the molecule is CCC(c1nc(CCl)cs1)N1CCCOc2ccccc21. The Hall–Kier alpha value is -1.26. The molecule has 0 aliphatic carbocycles. The van der Waals surface area contributed by atoms with E-state index in [1.54, 1.807) is 11.3 Å². The van der Waals surface area contributed by atoms with E-state index >= 15 is 0 Å². The van der Waals surface area contributed by atoms with Crippen LogP contribution in [0.1, 0.15) is 36.5 Å². The molecule has 2 aromatic rings. The summed E-state index contributed by atoms with van der Waals surface area (Å²) in [6.07, 6.45) is 2.04. The summed E-state index contributed by atoms with van der Waals surface area (Å²) >= 11 is 7.60. The van der Waals surface area contributed by atoms with Gasteiger partial charge in [-0.05, 0) is 25.0 Å². The van der Waals surface area contributed by atoms with Gasteiger partial charge >= 0.3 is 0 Å². The molecule has 0 N–H and O–H groups in total. The molecule has 1 aromatic carbocycles. The first kappa shape index (κ1) is 14.7. The molecule has 1 aliphatic heterocycles. The van der Waals surface area contributed by atoms with E-state index in [4.69, 9.17) is 16.3 Å². The molecule has 0 bridgehead atoms. The number of halogens is 1. The first-order chi connectivity index (χ1) is 10.3. The molecule has 0 spiro atoms. The van der Waals surface area contributed by atoms with Crippen LogP contribution < -0.4 is 9.64 Å². The summed E-state index contributed by atoms with van der Waals surface area (Å²) in [6, 6.07) is 8.57. The fourth-order valence-corrected chi connectivity index (χ4v) is 3.99. The van der Waals surface area contributed by atoms with E-state index in [2.05, 4.69) is 34.3 Å². The summed E-state index contributed by atoms with van der Waals surface area (Å²) in [7, 11) is 0. The third kappa shape index (κ3) is 3.01. The molecule has 3 rings (SSSR count). The molecule has 2 heterocycles. The van der Waals surface area contributed by atoms with Crippen molar-refractivity contribution in [1.29, 1.82) is 0 Å². The normalized spacial score (nSPS) is 16.0. The topological polar surface area (TPSA) is 25.4 Å². The summed E-state index contributed by atoms with van der Waals surface area (Å²) in [5, 5.41) is 3.20. The molecule has 0 radical (unpaired) electrons. The van der Waals surface area contributed by atoms with Crippen LogP contribution in [0.15, 0.2) is 29.6 Å². The summed E-state index contributed by atoms with van der Waals surface area (Å²) in [6.45, 7) is 3.97. The number of hydrogen-bond acceptors (Lipinski definition) is 4. The molecular formula is C16H19ClN2OS. The number of hydrogen-bond donors (Lipinski definition) is 0. The standard InChI is InChI=1S/C16H19ClN2OS/c1-2-13(16-18-12(10-17)11-21-16)19-8-5-9-20-15-7-4-3-6-14(15)19/h3-4,6-7,11,13H,2,5,8-10H2,1H3. The largest absolute Gasteiger partial charge is 0.491 e. The molecule has 1 atom stereocenters. The Bertz CT molecular complexity index is 601. The van der Waals surface area contributed by atoms with E-state index in [0.717, 1.165) is 42.4 Å². The second kappa shape index (κ2) is 6.67. The van der Waals surface area contributed by atoms with E-state index < -0.39 is 0 Å². The van der Waals surface area contributed by atoms with Crippen LogP contribution in [0.3, 0.4) is 0 Å². The number of benzene rings is 1. The van der Waals surface area contributed by atoms with E-state index in [1.807, 2.05) is 12.1 Å². The van der Waals surface area contributed by atoms with Crippen LogP contribution in [-0.4, -0.2) is 18.1 Å². The third-order valence-corrected chi connectivity index (χ3v) is 5.00. The van der Waals surface area contributed by atoms with Crippen molar-refractivity contribution >= 4 is 28.6 Å². The number of anilines is 1. The third-order valence-electron chi connectivity index (χ3n) is 3.73. The first-order valence-electron chi connectivity index (χ1n) is 7.32. The van der Waals surface area contributed by atoms with Crippen molar-refractivity contribution in [3.63, 3.8) is 0 Å². The van der Waals surface area contributed by atoms with Crippen LogP contribution in [0.25, 0.3) is 0 Å². The minimum Gasteiger partial charge on any atom is -0.491 e. The van der Waals surface area contributed by atoms with Gasteiger partial charge in [0.05, 0.1) is 29.9 Å². The lowest BCUT2D eigenvalue weighted by atomic mass is 10.1. The Balaban J connectivity index is 1.96. The van der Waals surface area contributed by atoms with Gasteiger partial charge in [0.2, 0.25) is 0 Å². The van der Waals surface area contributed by atoms with E-state index in [9.17, 15) is 0 Å². The predicted octanol–water partition coefficient (Wildman–Crippen LogP) is 4.62. The number of para-hydroxylation sites is 2. The van der Waals surface area contributed by atoms with Gasteiger partial charge in [-0.3, -0.25) is 0 Å². The maximum absolute atomic E-state index is 5.89. The number of nitrogens with zero attached hydrogens (tertiary/aromatic N) is 2. The van der Waals surface area contributed by atoms with Crippen LogP contribution >= 0.6 is 22.9 Å². The summed E-state index contributed by atoms with van der Waals surface area (Å²) < 4.78 is 5.86. The monoisotopic (exact) mass is 322 g/mol. The molecule has 0 amide bonds. The van der Waals surface area contributed by atoms with Crippen LogP contribution in [0, 0.1) is 0 Å². The Labute approximate surface area is 134 Å². The van der Waals surface area contributed by atoms with Crippen LogP contribution in [0.2, 0.25) is 0 Å². The van der Waals surface area contributed by atoms with Crippen molar-refractivity contribution in [2.45, 2.75) is 31.7 Å². The molecule has 1 aromatic heterocycles. The van der Waals surface area contributed by atoms with Gasteiger partial charge in [-0.2, -0.15) is 0 Å². The lowest BCUT2D eigenvalue weighted by molar-refractivity contribution is 0.322. The van der Waals surface area contributed by atoms with Gasteiger partial charge < -0.3 is 9.64 Å². The van der Waals surface area contributed by atoms with Gasteiger partial charge in [-0.25, -0.2) is 4.98 Å². The van der Waals surface area contributed by atoms with E-state index in [1.165, 1.54) is 5.69 Å². The molecule has 0 saturated carbocycles. The van der Waals surface area contributed by atoms with Gasteiger partial charge in [0, 0.05) is 11.9 Å². The Kier molecular flexibility index (Phi) is 4.66. The number of fused-ring (bicyclic) bond motifs is 1. The van der Waals surface area contributed by atoms with Gasteiger partial charge in [0.25, 0.3) is 0 Å². The fraction of sp³-hybridized carbons (Fsp3) is 0.438. The molecule has 0 saturated heterocycles. The smallest absolute Gasteiger partial charge is 0.142 e. The maximum Gasteiger partial charge on any atom is 0.142 e. The summed E-state index contributed by atoms with van der Waals surface area (Å²) in [4.78, 5) is 7.11. The molecular weight excluding hydrogens is 304 g/mol. The van der Waals surface area contributed by atoms with Crippen molar-refractivity contribution < 1.29 is 4.74 Å². The molecule has 3 nitrogen and oxygen atoms in total. The second-order valence-electron chi connectivity index (χ2n) is 5.10. The predicted molar refractivity (Wildman–Crippen MR) is 88.6 cm³/mol. The average molecular weight is 323 g/mol. The van der Waals surface area contributed by atoms with Gasteiger partial charge in [0.15, 0.2) is 0 Å². The molecule has 1 unspecified atom stereocenters. The van der Waals surface area contributed by atoms with Crippen molar-refractivity contribution in [3.8, 4) is 5.75 Å². The highest BCUT2D eigenvalue weighted by atomic mass is 35.5. The number of ether oxygens (including phenoxy) is 1. The van der Waals surface area contributed by atoms with Crippen molar-refractivity contribution in [2.24, 2.45) is 0 Å². The quantitative estimate of drug-likeness (QED) is 0.768. The zero-order valence-corrected chi connectivity index (χ0v) is 13.7. The number of aromatic nitrogens is 1. The molecule has 112 valence electrons. The number of rotatable bonds is 4. The molecule has 21 heavy (non-hydrogen) atoms. The minimum absolute atomic E-state index is 0.287. The Morgan fingerprint density at radius 2 is 2.29 bits per heavy atom. The molecule has 5 heteroatoms. The fourth-order valence-electron chi connectivity index (χ4n) is 2.74. The minimum atomic E-state index is 0.287. The van der Waals surface area contributed by atoms with E-state index in [0.29, 0.717) is 5.88 Å². The average Bonchev–Trinajstić information content (AvgIpc) is 2.90. The Morgan fingerprint density at radius 3 is 3.05 bits per heavy atom. The zero-order valence-electron chi connectivity index (χ0n) is 12.1. The van der Waals surface area contributed by atoms with Crippen molar-refractivity contribution in [2.75, 3.05) is 18.1 Å². The Morgan fingerprint density at radius 1 is 1.43 bits per heavy atom. The first-order valence-corrected chi connectivity index (χ1v) is 8.73. The molecule has 0 fully saturated rings. The summed E-state index contributed by atoms with van der Waals surface area (Å²) in [5.41, 5.74) is 2.14. The summed E-state index contributed by atoms with van der Waals surface area (Å²) in [5.74, 6) is 1.45. The number of alkyl halides is 1. The van der Waals surface area contributed by atoms with Crippen molar-refractivity contribution in [1.82, 2.24) is 4.98 Å². The van der Waals surface area contributed by atoms with Crippen LogP contribution in [-0.2, 0) is 5.88 Å². The van der Waals surface area contributed by atoms with Gasteiger partial charge in [0.1, 0.15) is 10.8 Å².